The molecule has 0 radical (unpaired) electrons. The highest BCUT2D eigenvalue weighted by molar-refractivity contribution is 7.46. The van der Waals surface area contributed by atoms with Gasteiger partial charge in [-0.2, -0.15) is 0 Å². The molecule has 0 aliphatic rings. The minimum Gasteiger partial charge on any atom is -0.463 e. The van der Waals surface area contributed by atoms with E-state index in [1.165, 1.54) is 57.8 Å². The third-order valence-corrected chi connectivity index (χ3v) is 6.54. The third-order valence-electron chi connectivity index (χ3n) is 5.97. The molecule has 0 saturated heterocycles. The van der Waals surface area contributed by atoms with Gasteiger partial charge in [0.2, 0.25) is 0 Å². The molecule has 0 aromatic heterocycles. The van der Waals surface area contributed by atoms with Crippen molar-refractivity contribution in [2.75, 3.05) is 47.5 Å². The number of ether oxygens (including phenoxy) is 2. The summed E-state index contributed by atoms with van der Waals surface area (Å²) in [6.45, 7) is 5.51. The summed E-state index contributed by atoms with van der Waals surface area (Å²) < 4.78 is 27.6. The number of unbranched alkanes of at least 4 members (excludes halogenated alkanes) is 9. The Labute approximate surface area is 214 Å². The maximum Gasteiger partial charge on any atom is 0.470 e. The fourth-order valence-corrected chi connectivity index (χ4v) is 4.79. The summed E-state index contributed by atoms with van der Waals surface area (Å²) in [6, 6.07) is 0. The van der Waals surface area contributed by atoms with Gasteiger partial charge in [-0.3, -0.25) is 9.32 Å². The number of esters is 1. The van der Waals surface area contributed by atoms with E-state index in [4.69, 9.17) is 23.8 Å². The Morgan fingerprint density at radius 2 is 1.34 bits per heavy atom. The van der Waals surface area contributed by atoms with Gasteiger partial charge in [0, 0.05) is 13.0 Å². The molecule has 0 bridgehead atoms. The van der Waals surface area contributed by atoms with Crippen molar-refractivity contribution in [3.05, 3.63) is 0 Å². The molecule has 9 heteroatoms. The number of hydrogen-bond donors (Lipinski definition) is 2. The molecule has 0 aliphatic heterocycles. The molecule has 210 valence electrons. The second-order valence-corrected chi connectivity index (χ2v) is 11.9. The quantitative estimate of drug-likeness (QED) is 0.0707. The molecular weight excluding hydrogens is 469 g/mol. The number of quaternary nitrogens is 1. The second-order valence-electron chi connectivity index (χ2n) is 10.7. The SMILES string of the molecule is CCCCCCCCCCCCC(CCC)C(=O)OCCOCCC(C[N+](C)(C)C)OP(=O)(O)O. The van der Waals surface area contributed by atoms with Crippen LogP contribution in [0.3, 0.4) is 0 Å². The molecule has 0 aliphatic carbocycles. The van der Waals surface area contributed by atoms with Crippen LogP contribution in [-0.4, -0.2) is 73.9 Å². The number of carbonyl (C=O) groups is 1. The molecule has 0 spiro atoms. The standard InChI is InChI=1S/C26H54NO7P/c1-6-8-9-10-11-12-13-14-15-16-18-24(17-7-2)26(28)33-22-21-32-20-19-25(23-27(3,4)5)34-35(29,30)31/h24-25H,6-23H2,1-5H3,(H-,29,30,31)/p+1. The van der Waals surface area contributed by atoms with E-state index in [0.29, 0.717) is 17.4 Å². The van der Waals surface area contributed by atoms with Crippen molar-refractivity contribution >= 4 is 13.8 Å². The summed E-state index contributed by atoms with van der Waals surface area (Å²) >= 11 is 0. The van der Waals surface area contributed by atoms with Crippen molar-refractivity contribution in [2.45, 2.75) is 110 Å². The van der Waals surface area contributed by atoms with E-state index in [1.54, 1.807) is 0 Å². The molecule has 0 amide bonds. The Morgan fingerprint density at radius 3 is 1.86 bits per heavy atom. The van der Waals surface area contributed by atoms with E-state index in [-0.39, 0.29) is 31.7 Å². The zero-order valence-corrected chi connectivity index (χ0v) is 24.1. The van der Waals surface area contributed by atoms with Crippen LogP contribution in [0.4, 0.5) is 0 Å². The number of phosphoric acid groups is 1. The van der Waals surface area contributed by atoms with E-state index in [9.17, 15) is 9.36 Å². The Kier molecular flexibility index (Phi) is 20.3. The minimum atomic E-state index is -4.56. The first kappa shape index (κ1) is 34.5. The molecule has 0 fully saturated rings. The van der Waals surface area contributed by atoms with Crippen LogP contribution in [0, 0.1) is 5.92 Å². The number of carbonyl (C=O) groups excluding carboxylic acids is 1. The fraction of sp³-hybridized carbons (Fsp3) is 0.962. The Morgan fingerprint density at radius 1 is 0.771 bits per heavy atom. The summed E-state index contributed by atoms with van der Waals surface area (Å²) in [5.74, 6) is -0.182. The molecule has 0 aromatic carbocycles. The predicted octanol–water partition coefficient (Wildman–Crippen LogP) is 5.85. The molecule has 0 rings (SSSR count). The number of hydrogen-bond acceptors (Lipinski definition) is 5. The molecule has 0 saturated carbocycles. The van der Waals surface area contributed by atoms with Crippen LogP contribution in [-0.2, 0) is 23.4 Å². The molecular formula is C26H55NO7P+. The molecule has 2 unspecified atom stereocenters. The normalized spacial score (nSPS) is 14.1. The summed E-state index contributed by atoms with van der Waals surface area (Å²) in [5.41, 5.74) is 0. The van der Waals surface area contributed by atoms with Crippen molar-refractivity contribution in [3.63, 3.8) is 0 Å². The average molecular weight is 525 g/mol. The summed E-state index contributed by atoms with van der Waals surface area (Å²) in [4.78, 5) is 30.7. The Bertz CT molecular complexity index is 562. The largest absolute Gasteiger partial charge is 0.470 e. The van der Waals surface area contributed by atoms with Crippen molar-refractivity contribution in [1.29, 1.82) is 0 Å². The van der Waals surface area contributed by atoms with Crippen LogP contribution in [0.2, 0.25) is 0 Å². The number of rotatable bonds is 24. The van der Waals surface area contributed by atoms with Crippen molar-refractivity contribution < 1.29 is 37.6 Å². The molecule has 8 nitrogen and oxygen atoms in total. The lowest BCUT2D eigenvalue weighted by atomic mass is 9.96. The highest BCUT2D eigenvalue weighted by Gasteiger charge is 2.27. The highest BCUT2D eigenvalue weighted by atomic mass is 31.2. The van der Waals surface area contributed by atoms with E-state index >= 15 is 0 Å². The van der Waals surface area contributed by atoms with Crippen molar-refractivity contribution in [2.24, 2.45) is 5.92 Å². The van der Waals surface area contributed by atoms with Gasteiger partial charge >= 0.3 is 13.8 Å². The number of phosphoric ester groups is 1. The van der Waals surface area contributed by atoms with Gasteiger partial charge in [0.15, 0.2) is 0 Å². The highest BCUT2D eigenvalue weighted by Crippen LogP contribution is 2.38. The molecule has 2 N–H and O–H groups in total. The summed E-state index contributed by atoms with van der Waals surface area (Å²) in [6.07, 6.45) is 15.3. The van der Waals surface area contributed by atoms with Gasteiger partial charge in [0.25, 0.3) is 0 Å². The summed E-state index contributed by atoms with van der Waals surface area (Å²) in [7, 11) is 1.23. The van der Waals surface area contributed by atoms with Gasteiger partial charge in [-0.1, -0.05) is 84.5 Å². The maximum absolute atomic E-state index is 12.5. The van der Waals surface area contributed by atoms with Crippen LogP contribution < -0.4 is 0 Å². The van der Waals surface area contributed by atoms with Crippen LogP contribution in [0.1, 0.15) is 104 Å². The maximum atomic E-state index is 12.5. The lowest BCUT2D eigenvalue weighted by molar-refractivity contribution is -0.873. The topological polar surface area (TPSA) is 102 Å². The molecule has 0 heterocycles. The van der Waals surface area contributed by atoms with E-state index in [0.717, 1.165) is 25.7 Å². The van der Waals surface area contributed by atoms with Crippen LogP contribution in [0.25, 0.3) is 0 Å². The van der Waals surface area contributed by atoms with Gasteiger partial charge in [0.1, 0.15) is 19.3 Å². The third kappa shape index (κ3) is 23.6. The number of likely N-dealkylation sites (N-methyl/N-ethyl adjacent to an activating group) is 1. The van der Waals surface area contributed by atoms with Gasteiger partial charge in [0.05, 0.1) is 33.7 Å². The molecule has 0 aromatic rings. The molecule has 35 heavy (non-hydrogen) atoms. The van der Waals surface area contributed by atoms with Crippen LogP contribution in [0.5, 0.6) is 0 Å². The van der Waals surface area contributed by atoms with Crippen LogP contribution >= 0.6 is 7.82 Å². The Hall–Kier alpha value is -0.500. The first-order valence-electron chi connectivity index (χ1n) is 13.8. The van der Waals surface area contributed by atoms with E-state index in [2.05, 4.69) is 13.8 Å². The first-order valence-corrected chi connectivity index (χ1v) is 15.3. The second kappa shape index (κ2) is 20.5. The van der Waals surface area contributed by atoms with E-state index < -0.39 is 13.9 Å². The lowest BCUT2D eigenvalue weighted by Crippen LogP contribution is -2.42. The van der Waals surface area contributed by atoms with Gasteiger partial charge in [-0.25, -0.2) is 4.57 Å². The van der Waals surface area contributed by atoms with Gasteiger partial charge < -0.3 is 23.7 Å². The summed E-state index contributed by atoms with van der Waals surface area (Å²) in [5, 5.41) is 0. The fourth-order valence-electron chi connectivity index (χ4n) is 4.22. The first-order chi connectivity index (χ1) is 16.5. The van der Waals surface area contributed by atoms with Crippen LogP contribution in [0.15, 0.2) is 0 Å². The van der Waals surface area contributed by atoms with Crippen molar-refractivity contribution in [3.8, 4) is 0 Å². The zero-order valence-electron chi connectivity index (χ0n) is 23.2. The Balaban J connectivity index is 4.04. The van der Waals surface area contributed by atoms with Gasteiger partial charge in [-0.15, -0.1) is 0 Å². The average Bonchev–Trinajstić information content (AvgIpc) is 2.74. The number of nitrogens with zero attached hydrogens (tertiary/aromatic N) is 1. The monoisotopic (exact) mass is 524 g/mol. The zero-order chi connectivity index (χ0) is 26.6. The lowest BCUT2D eigenvalue weighted by Gasteiger charge is -2.29. The van der Waals surface area contributed by atoms with Crippen molar-refractivity contribution in [1.82, 2.24) is 0 Å². The minimum absolute atomic E-state index is 0.0420. The van der Waals surface area contributed by atoms with E-state index in [1.807, 2.05) is 21.1 Å². The predicted molar refractivity (Wildman–Crippen MR) is 141 cm³/mol. The smallest absolute Gasteiger partial charge is 0.463 e. The van der Waals surface area contributed by atoms with Gasteiger partial charge in [-0.05, 0) is 12.8 Å². The molecule has 2 atom stereocenters.